The molecule has 0 aliphatic carbocycles. The molecular weight excluding hydrogens is 235 g/mol. The molecule has 2 N–H and O–H groups in total. The van der Waals surface area contributed by atoms with Crippen LogP contribution in [0.3, 0.4) is 0 Å². The van der Waals surface area contributed by atoms with Gasteiger partial charge in [0.1, 0.15) is 5.56 Å². The van der Waals surface area contributed by atoms with Crippen molar-refractivity contribution in [1.82, 2.24) is 0 Å². The molecule has 0 spiro atoms. The minimum absolute atomic E-state index is 0. The summed E-state index contributed by atoms with van der Waals surface area (Å²) in [5, 5.41) is 8.61. The molecule has 0 heterocycles. The van der Waals surface area contributed by atoms with E-state index in [1.807, 2.05) is 0 Å². The molecule has 1 rings (SSSR count). The molecule has 0 saturated heterocycles. The Balaban J connectivity index is 0. The zero-order chi connectivity index (χ0) is 10.8. The van der Waals surface area contributed by atoms with Gasteiger partial charge in [-0.2, -0.15) is 8.42 Å². The third-order valence-electron chi connectivity index (χ3n) is 1.31. The molecule has 0 fully saturated rings. The van der Waals surface area contributed by atoms with E-state index in [4.69, 9.17) is 9.66 Å². The maximum absolute atomic E-state index is 10.6. The Labute approximate surface area is 110 Å². The van der Waals surface area contributed by atoms with E-state index in [-0.39, 0.29) is 36.5 Å². The Morgan fingerprint density at radius 3 is 2.33 bits per heavy atom. The molecule has 0 atom stereocenters. The zero-order valence-electron chi connectivity index (χ0n) is 8.75. The van der Waals surface area contributed by atoms with Gasteiger partial charge in [0.25, 0.3) is 0 Å². The van der Waals surface area contributed by atoms with Crippen molar-refractivity contribution in [3.05, 3.63) is 29.8 Å². The van der Waals surface area contributed by atoms with Crippen LogP contribution in [-0.4, -0.2) is 24.0 Å². The Morgan fingerprint density at radius 2 is 1.87 bits per heavy atom. The fraction of sp³-hybridized carbons (Fsp3) is 0. The molecule has 78 valence electrons. The summed E-state index contributed by atoms with van der Waals surface area (Å²) in [5.74, 6) is -1.77. The first-order chi connectivity index (χ1) is 6.40. The summed E-state index contributed by atoms with van der Waals surface area (Å²) in [6.07, 6.45) is 0. The second-order valence-electron chi connectivity index (χ2n) is 2.31. The Bertz CT molecular complexity index is 460. The van der Waals surface area contributed by atoms with Crippen LogP contribution >= 0.6 is 0 Å². The van der Waals surface area contributed by atoms with E-state index < -0.39 is 22.1 Å². The molecule has 1 aromatic carbocycles. The van der Waals surface area contributed by atoms with Crippen LogP contribution in [0.15, 0.2) is 24.3 Å². The molecular formula is C7H7NaO6S. The van der Waals surface area contributed by atoms with Crippen LogP contribution in [0.4, 0.5) is 0 Å². The number of hydrogen-bond donors (Lipinski definition) is 2. The Kier molecular flexibility index (Phi) is 5.26. The third-order valence-corrected chi connectivity index (χ3v) is 1.70. The molecule has 0 radical (unpaired) electrons. The summed E-state index contributed by atoms with van der Waals surface area (Å²) >= 11 is 0. The maximum atomic E-state index is 10.6. The summed E-state index contributed by atoms with van der Waals surface area (Å²) in [6, 6.07) is 5.06. The molecule has 0 saturated carbocycles. The quantitative estimate of drug-likeness (QED) is 0.456. The Hall–Kier alpha value is -0.600. The van der Waals surface area contributed by atoms with Crippen LogP contribution < -0.4 is 33.7 Å². The number of rotatable bonds is 3. The molecule has 6 nitrogen and oxygen atoms in total. The van der Waals surface area contributed by atoms with E-state index in [9.17, 15) is 13.2 Å². The van der Waals surface area contributed by atoms with Gasteiger partial charge in [-0.1, -0.05) is 12.1 Å². The molecule has 8 heteroatoms. The van der Waals surface area contributed by atoms with Gasteiger partial charge in [0, 0.05) is 0 Å². The van der Waals surface area contributed by atoms with Crippen molar-refractivity contribution < 1.29 is 58.0 Å². The fourth-order valence-corrected chi connectivity index (χ4v) is 1.20. The molecule has 0 unspecified atom stereocenters. The molecule has 1 aromatic rings. The number of carboxylic acid groups (broad SMARTS) is 1. The largest absolute Gasteiger partial charge is 1.00 e. The van der Waals surface area contributed by atoms with Crippen molar-refractivity contribution in [3.63, 3.8) is 0 Å². The van der Waals surface area contributed by atoms with Crippen molar-refractivity contribution in [3.8, 4) is 5.75 Å². The number of carboxylic acids is 1. The van der Waals surface area contributed by atoms with Crippen LogP contribution in [0.25, 0.3) is 0 Å². The number of para-hydroxylation sites is 1. The summed E-state index contributed by atoms with van der Waals surface area (Å²) in [6.45, 7) is 0. The Morgan fingerprint density at radius 1 is 1.33 bits per heavy atom. The summed E-state index contributed by atoms with van der Waals surface area (Å²) < 4.78 is 33.0. The first-order valence-electron chi connectivity index (χ1n) is 3.39. The van der Waals surface area contributed by atoms with Crippen LogP contribution in [0.5, 0.6) is 5.75 Å². The smallest absolute Gasteiger partial charge is 1.00 e. The van der Waals surface area contributed by atoms with Crippen molar-refractivity contribution in [1.29, 1.82) is 0 Å². The van der Waals surface area contributed by atoms with Gasteiger partial charge in [-0.25, -0.2) is 4.79 Å². The van der Waals surface area contributed by atoms with E-state index in [2.05, 4.69) is 4.18 Å². The van der Waals surface area contributed by atoms with Crippen LogP contribution in [0.1, 0.15) is 11.8 Å². The van der Waals surface area contributed by atoms with Crippen molar-refractivity contribution in [2.24, 2.45) is 0 Å². The predicted molar refractivity (Wildman–Crippen MR) is 46.7 cm³/mol. The van der Waals surface area contributed by atoms with Crippen molar-refractivity contribution in [2.45, 2.75) is 0 Å². The van der Waals surface area contributed by atoms with E-state index in [1.54, 1.807) is 0 Å². The molecule has 0 bridgehead atoms. The topological polar surface area (TPSA) is 101 Å². The predicted octanol–water partition coefficient (Wildman–Crippen LogP) is -2.32. The monoisotopic (exact) mass is 242 g/mol. The summed E-state index contributed by atoms with van der Waals surface area (Å²) in [5.41, 5.74) is -0.342. The molecule has 0 aromatic heterocycles. The average Bonchev–Trinajstić information content (AvgIpc) is 2.01. The third kappa shape index (κ3) is 4.63. The normalized spacial score (nSPS) is 10.2. The van der Waals surface area contributed by atoms with Crippen LogP contribution in [-0.2, 0) is 10.4 Å². The number of hydrogen-bond acceptors (Lipinski definition) is 4. The van der Waals surface area contributed by atoms with Gasteiger partial charge in [0.15, 0.2) is 5.75 Å². The average molecular weight is 242 g/mol. The summed E-state index contributed by atoms with van der Waals surface area (Å²) in [7, 11) is -4.70. The minimum atomic E-state index is -4.70. The van der Waals surface area contributed by atoms with Crippen molar-refractivity contribution in [2.75, 3.05) is 0 Å². The van der Waals surface area contributed by atoms with Gasteiger partial charge in [-0.15, -0.1) is 0 Å². The fourth-order valence-electron chi connectivity index (χ4n) is 0.829. The maximum Gasteiger partial charge on any atom is 1.00 e. The van der Waals surface area contributed by atoms with Gasteiger partial charge >= 0.3 is 45.9 Å². The van der Waals surface area contributed by atoms with E-state index in [0.717, 1.165) is 12.1 Å². The number of carbonyl (C=O) groups is 1. The number of benzene rings is 1. The van der Waals surface area contributed by atoms with Crippen LogP contribution in [0, 0.1) is 0 Å². The van der Waals surface area contributed by atoms with Gasteiger partial charge in [0.05, 0.1) is 0 Å². The van der Waals surface area contributed by atoms with Gasteiger partial charge in [0.2, 0.25) is 0 Å². The van der Waals surface area contributed by atoms with Gasteiger partial charge in [-0.05, 0) is 12.1 Å². The summed E-state index contributed by atoms with van der Waals surface area (Å²) in [4.78, 5) is 10.6. The van der Waals surface area contributed by atoms with E-state index in [0.29, 0.717) is 0 Å². The molecule has 0 aliphatic heterocycles. The van der Waals surface area contributed by atoms with Crippen molar-refractivity contribution >= 4 is 16.4 Å². The second-order valence-corrected chi connectivity index (χ2v) is 3.33. The van der Waals surface area contributed by atoms with Crippen LogP contribution in [0.2, 0.25) is 0 Å². The van der Waals surface area contributed by atoms with Gasteiger partial charge in [-0.3, -0.25) is 4.55 Å². The minimum Gasteiger partial charge on any atom is -1.00 e. The molecule has 0 aliphatic rings. The van der Waals surface area contributed by atoms with Gasteiger partial charge < -0.3 is 10.7 Å². The second kappa shape index (κ2) is 5.47. The standard InChI is InChI=1S/C7H6O6S.Na.H/c8-7(9)5-3-1-2-4-6(5)13-14(10,11)12;;/h1-4H,(H,8,9)(H,10,11,12);;/q;+1;-1. The molecule has 0 amide bonds. The molecule has 15 heavy (non-hydrogen) atoms. The number of aromatic carboxylic acids is 1. The zero-order valence-corrected chi connectivity index (χ0v) is 10.6. The SMILES string of the molecule is O=C(O)c1ccccc1OS(=O)(=O)O.[H-].[Na+]. The van der Waals surface area contributed by atoms with E-state index >= 15 is 0 Å². The first-order valence-corrected chi connectivity index (χ1v) is 4.76. The first kappa shape index (κ1) is 14.4. The van der Waals surface area contributed by atoms with E-state index in [1.165, 1.54) is 12.1 Å².